The van der Waals surface area contributed by atoms with Crippen LogP contribution in [-0.2, 0) is 0 Å². The highest BCUT2D eigenvalue weighted by atomic mass is 16.5. The molecule has 0 bridgehead atoms. The lowest BCUT2D eigenvalue weighted by Gasteiger charge is -2.18. The number of hydrogen-bond acceptors (Lipinski definition) is 2. The quantitative estimate of drug-likeness (QED) is 0.811. The summed E-state index contributed by atoms with van der Waals surface area (Å²) in [7, 11) is 3.87. The van der Waals surface area contributed by atoms with Crippen molar-refractivity contribution in [1.29, 1.82) is 0 Å². The number of hydrogen-bond donors (Lipinski definition) is 0. The van der Waals surface area contributed by atoms with Gasteiger partial charge in [-0.1, -0.05) is 24.3 Å². The Morgan fingerprint density at radius 1 is 1.11 bits per heavy atom. The average Bonchev–Trinajstić information content (AvgIpc) is 2.78. The molecule has 1 atom stereocenters. The van der Waals surface area contributed by atoms with Gasteiger partial charge in [-0.25, -0.2) is 0 Å². The lowest BCUT2D eigenvalue weighted by Crippen LogP contribution is -2.24. The van der Waals surface area contributed by atoms with Crippen molar-refractivity contribution in [2.45, 2.75) is 13.0 Å². The monoisotopic (exact) mass is 253 g/mol. The predicted molar refractivity (Wildman–Crippen MR) is 80.6 cm³/mol. The van der Waals surface area contributed by atoms with Crippen molar-refractivity contribution in [3.63, 3.8) is 0 Å². The van der Waals surface area contributed by atoms with Crippen LogP contribution < -0.4 is 4.74 Å². The topological polar surface area (TPSA) is 12.5 Å². The third-order valence-corrected chi connectivity index (χ3v) is 4.09. The molecular formula is C17H19NO. The molecule has 0 aromatic heterocycles. The van der Waals surface area contributed by atoms with Crippen molar-refractivity contribution in [3.8, 4) is 5.75 Å². The summed E-state index contributed by atoms with van der Waals surface area (Å²) in [5.41, 5.74) is 2.76. The minimum atomic E-state index is 0.496. The first-order valence-electron chi connectivity index (χ1n) is 6.67. The van der Waals surface area contributed by atoms with Gasteiger partial charge in [0.15, 0.2) is 0 Å². The van der Waals surface area contributed by atoms with Crippen LogP contribution in [0.1, 0.15) is 12.5 Å². The van der Waals surface area contributed by atoms with Gasteiger partial charge in [-0.05, 0) is 54.1 Å². The maximum absolute atomic E-state index is 5.27. The zero-order valence-electron chi connectivity index (χ0n) is 11.7. The van der Waals surface area contributed by atoms with E-state index < -0.39 is 0 Å². The molecule has 98 valence electrons. The van der Waals surface area contributed by atoms with Gasteiger partial charge in [0.05, 0.1) is 7.11 Å². The van der Waals surface area contributed by atoms with Gasteiger partial charge in [-0.2, -0.15) is 0 Å². The molecule has 0 saturated carbocycles. The van der Waals surface area contributed by atoms with Crippen molar-refractivity contribution in [2.24, 2.45) is 0 Å². The van der Waals surface area contributed by atoms with Gasteiger partial charge in [0, 0.05) is 12.6 Å². The van der Waals surface area contributed by atoms with Crippen LogP contribution >= 0.6 is 0 Å². The van der Waals surface area contributed by atoms with E-state index in [9.17, 15) is 0 Å². The summed E-state index contributed by atoms with van der Waals surface area (Å²) in [4.78, 5) is 2.35. The molecule has 2 aromatic rings. The second-order valence-electron chi connectivity index (χ2n) is 5.20. The standard InChI is InChI=1S/C17H19NO/c1-12-17(8-9-18(12)2)15-5-4-14-11-16(19-3)7-6-13(14)10-15/h4-8,10-12H,9H2,1-3H3. The number of likely N-dealkylation sites (N-methyl/N-ethyl adjacent to an activating group) is 1. The maximum atomic E-state index is 5.27. The number of benzene rings is 2. The lowest BCUT2D eigenvalue weighted by molar-refractivity contribution is 0.357. The van der Waals surface area contributed by atoms with Crippen LogP contribution in [0.25, 0.3) is 16.3 Å². The summed E-state index contributed by atoms with van der Waals surface area (Å²) < 4.78 is 5.27. The van der Waals surface area contributed by atoms with Crippen LogP contribution in [0.2, 0.25) is 0 Å². The van der Waals surface area contributed by atoms with E-state index in [2.05, 4.69) is 55.3 Å². The average molecular weight is 253 g/mol. The van der Waals surface area contributed by atoms with Crippen molar-refractivity contribution < 1.29 is 4.74 Å². The van der Waals surface area contributed by atoms with E-state index in [1.54, 1.807) is 7.11 Å². The minimum absolute atomic E-state index is 0.496. The first kappa shape index (κ1) is 12.2. The van der Waals surface area contributed by atoms with Crippen LogP contribution in [0.5, 0.6) is 5.75 Å². The van der Waals surface area contributed by atoms with Gasteiger partial charge in [0.25, 0.3) is 0 Å². The molecule has 3 rings (SSSR count). The van der Waals surface area contributed by atoms with Gasteiger partial charge >= 0.3 is 0 Å². The Bertz CT molecular complexity index is 645. The van der Waals surface area contributed by atoms with E-state index in [0.717, 1.165) is 12.3 Å². The molecule has 2 nitrogen and oxygen atoms in total. The zero-order valence-corrected chi connectivity index (χ0v) is 11.7. The van der Waals surface area contributed by atoms with E-state index in [4.69, 9.17) is 4.74 Å². The first-order chi connectivity index (χ1) is 9.19. The molecule has 0 fully saturated rings. The lowest BCUT2D eigenvalue weighted by atomic mass is 9.98. The molecule has 0 amide bonds. The molecule has 0 saturated heterocycles. The number of methoxy groups -OCH3 is 1. The fourth-order valence-corrected chi connectivity index (χ4v) is 2.70. The molecule has 0 N–H and O–H groups in total. The number of rotatable bonds is 2. The summed E-state index contributed by atoms with van der Waals surface area (Å²) in [5.74, 6) is 0.911. The zero-order chi connectivity index (χ0) is 13.4. The van der Waals surface area contributed by atoms with E-state index in [1.165, 1.54) is 21.9 Å². The summed E-state index contributed by atoms with van der Waals surface area (Å²) in [6, 6.07) is 13.4. The molecule has 0 spiro atoms. The third-order valence-electron chi connectivity index (χ3n) is 4.09. The van der Waals surface area contributed by atoms with Crippen LogP contribution in [0.3, 0.4) is 0 Å². The van der Waals surface area contributed by atoms with E-state index in [0.29, 0.717) is 6.04 Å². The van der Waals surface area contributed by atoms with Gasteiger partial charge in [-0.3, -0.25) is 4.90 Å². The number of ether oxygens (including phenoxy) is 1. The van der Waals surface area contributed by atoms with E-state index >= 15 is 0 Å². The highest BCUT2D eigenvalue weighted by Crippen LogP contribution is 2.30. The molecule has 1 unspecified atom stereocenters. The van der Waals surface area contributed by atoms with Crippen LogP contribution in [0.15, 0.2) is 42.5 Å². The Morgan fingerprint density at radius 2 is 1.84 bits per heavy atom. The Hall–Kier alpha value is -1.80. The summed E-state index contributed by atoms with van der Waals surface area (Å²) >= 11 is 0. The predicted octanol–water partition coefficient (Wildman–Crippen LogP) is 3.57. The fraction of sp³-hybridized carbons (Fsp3) is 0.294. The Kier molecular flexibility index (Phi) is 3.03. The molecule has 1 aliphatic heterocycles. The SMILES string of the molecule is COc1ccc2cc(C3=CCN(C)C3C)ccc2c1. The van der Waals surface area contributed by atoms with Crippen molar-refractivity contribution >= 4 is 16.3 Å². The van der Waals surface area contributed by atoms with Crippen LogP contribution in [0.4, 0.5) is 0 Å². The van der Waals surface area contributed by atoms with Crippen molar-refractivity contribution in [2.75, 3.05) is 20.7 Å². The number of nitrogens with zero attached hydrogens (tertiary/aromatic N) is 1. The second-order valence-corrected chi connectivity index (χ2v) is 5.20. The van der Waals surface area contributed by atoms with Gasteiger partial charge in [0.1, 0.15) is 5.75 Å². The minimum Gasteiger partial charge on any atom is -0.497 e. The Morgan fingerprint density at radius 3 is 2.53 bits per heavy atom. The molecule has 1 heterocycles. The van der Waals surface area contributed by atoms with Gasteiger partial charge in [0.2, 0.25) is 0 Å². The third kappa shape index (κ3) is 2.13. The van der Waals surface area contributed by atoms with Gasteiger partial charge < -0.3 is 4.74 Å². The summed E-state index contributed by atoms with van der Waals surface area (Å²) in [6.45, 7) is 3.30. The number of fused-ring (bicyclic) bond motifs is 1. The maximum Gasteiger partial charge on any atom is 0.119 e. The normalized spacial score (nSPS) is 19.7. The van der Waals surface area contributed by atoms with E-state index in [1.807, 2.05) is 6.07 Å². The molecule has 2 aromatic carbocycles. The van der Waals surface area contributed by atoms with Crippen LogP contribution in [0, 0.1) is 0 Å². The highest BCUT2D eigenvalue weighted by Gasteiger charge is 2.20. The molecule has 0 aliphatic carbocycles. The van der Waals surface area contributed by atoms with Gasteiger partial charge in [-0.15, -0.1) is 0 Å². The highest BCUT2D eigenvalue weighted by molar-refractivity contribution is 5.88. The summed E-state index contributed by atoms with van der Waals surface area (Å²) in [6.07, 6.45) is 2.33. The van der Waals surface area contributed by atoms with Crippen molar-refractivity contribution in [3.05, 3.63) is 48.0 Å². The summed E-state index contributed by atoms with van der Waals surface area (Å²) in [5, 5.41) is 2.49. The van der Waals surface area contributed by atoms with E-state index in [-0.39, 0.29) is 0 Å². The van der Waals surface area contributed by atoms with Crippen LogP contribution in [-0.4, -0.2) is 31.6 Å². The Labute approximate surface area is 114 Å². The smallest absolute Gasteiger partial charge is 0.119 e. The molecule has 1 aliphatic rings. The fourth-order valence-electron chi connectivity index (χ4n) is 2.70. The molecule has 19 heavy (non-hydrogen) atoms. The Balaban J connectivity index is 2.03. The molecule has 2 heteroatoms. The largest absolute Gasteiger partial charge is 0.497 e. The molecule has 0 radical (unpaired) electrons. The molecular weight excluding hydrogens is 234 g/mol. The second kappa shape index (κ2) is 4.71. The first-order valence-corrected chi connectivity index (χ1v) is 6.67. The van der Waals surface area contributed by atoms with Crippen molar-refractivity contribution in [1.82, 2.24) is 4.90 Å².